The van der Waals surface area contributed by atoms with Crippen LogP contribution in [-0.2, 0) is 4.74 Å². The van der Waals surface area contributed by atoms with Crippen LogP contribution in [-0.4, -0.2) is 61.5 Å². The summed E-state index contributed by atoms with van der Waals surface area (Å²) < 4.78 is 5.99. The van der Waals surface area contributed by atoms with Gasteiger partial charge < -0.3 is 9.64 Å². The molecule has 0 aliphatic carbocycles. The molecule has 4 nitrogen and oxygen atoms in total. The smallest absolute Gasteiger partial charge is 0.164 e. The van der Waals surface area contributed by atoms with Crippen molar-refractivity contribution in [1.82, 2.24) is 9.80 Å². The number of rotatable bonds is 9. The van der Waals surface area contributed by atoms with Gasteiger partial charge >= 0.3 is 0 Å². The molecule has 4 heteroatoms. The fraction of sp³-hybridized carbons (Fsp3) is 0.458. The van der Waals surface area contributed by atoms with Crippen molar-refractivity contribution >= 4 is 5.78 Å². The molecule has 1 saturated heterocycles. The molecule has 28 heavy (non-hydrogen) atoms. The molecular weight excluding hydrogens is 348 g/mol. The van der Waals surface area contributed by atoms with Crippen molar-refractivity contribution < 1.29 is 9.53 Å². The predicted molar refractivity (Wildman–Crippen MR) is 114 cm³/mol. The third-order valence-electron chi connectivity index (χ3n) is 5.46. The van der Waals surface area contributed by atoms with Crippen LogP contribution in [0.3, 0.4) is 0 Å². The standard InChI is InChI=1S/C24H32N2O2/c1-3-28-24(22-7-5-4-6-8-22)19-26-17-15-25(16-18-26)14-13-23(27)21-11-9-20(2)10-12-21/h4-12,24H,3,13-19H2,1-2H3. The van der Waals surface area contributed by atoms with E-state index < -0.39 is 0 Å². The Hall–Kier alpha value is -2.01. The van der Waals surface area contributed by atoms with E-state index in [-0.39, 0.29) is 11.9 Å². The highest BCUT2D eigenvalue weighted by atomic mass is 16.5. The molecule has 1 heterocycles. The SMILES string of the molecule is CCOC(CN1CCN(CCC(=O)c2ccc(C)cc2)CC1)c1ccccc1. The molecule has 2 aromatic rings. The second-order valence-electron chi connectivity index (χ2n) is 7.54. The maximum atomic E-state index is 12.4. The first-order valence-electron chi connectivity index (χ1n) is 10.4. The van der Waals surface area contributed by atoms with Crippen LogP contribution in [0.15, 0.2) is 54.6 Å². The van der Waals surface area contributed by atoms with Gasteiger partial charge in [0.25, 0.3) is 0 Å². The van der Waals surface area contributed by atoms with Gasteiger partial charge in [-0.1, -0.05) is 60.2 Å². The van der Waals surface area contributed by atoms with Gasteiger partial charge in [0, 0.05) is 57.9 Å². The first kappa shape index (κ1) is 20.7. The van der Waals surface area contributed by atoms with Crippen LogP contribution in [0.25, 0.3) is 0 Å². The van der Waals surface area contributed by atoms with Gasteiger partial charge in [-0.15, -0.1) is 0 Å². The predicted octanol–water partition coefficient (Wildman–Crippen LogP) is 3.96. The molecule has 0 aromatic heterocycles. The Kier molecular flexibility index (Phi) is 7.78. The van der Waals surface area contributed by atoms with Crippen LogP contribution in [0.2, 0.25) is 0 Å². The maximum Gasteiger partial charge on any atom is 0.164 e. The van der Waals surface area contributed by atoms with Gasteiger partial charge in [0.1, 0.15) is 0 Å². The van der Waals surface area contributed by atoms with Gasteiger partial charge in [-0.25, -0.2) is 0 Å². The average molecular weight is 381 g/mol. The highest BCUT2D eigenvalue weighted by molar-refractivity contribution is 5.96. The lowest BCUT2D eigenvalue weighted by Crippen LogP contribution is -2.48. The molecule has 1 aliphatic rings. The number of Topliss-reactive ketones (excluding diaryl/α,β-unsaturated/α-hetero) is 1. The third kappa shape index (κ3) is 5.99. The minimum absolute atomic E-state index is 0.126. The normalized spacial score (nSPS) is 16.8. The van der Waals surface area contributed by atoms with Gasteiger partial charge in [-0.2, -0.15) is 0 Å². The van der Waals surface area contributed by atoms with Gasteiger partial charge in [0.15, 0.2) is 5.78 Å². The number of nitrogens with zero attached hydrogens (tertiary/aromatic N) is 2. The number of carbonyl (C=O) groups is 1. The molecule has 1 atom stereocenters. The molecule has 1 unspecified atom stereocenters. The topological polar surface area (TPSA) is 32.8 Å². The van der Waals surface area contributed by atoms with Gasteiger partial charge in [0.05, 0.1) is 6.10 Å². The van der Waals surface area contributed by atoms with E-state index in [1.165, 1.54) is 11.1 Å². The third-order valence-corrected chi connectivity index (χ3v) is 5.46. The van der Waals surface area contributed by atoms with E-state index in [1.807, 2.05) is 37.3 Å². The number of hydrogen-bond donors (Lipinski definition) is 0. The van der Waals surface area contributed by atoms with Crippen LogP contribution < -0.4 is 0 Å². The zero-order valence-electron chi connectivity index (χ0n) is 17.1. The van der Waals surface area contributed by atoms with Crippen molar-refractivity contribution in [3.05, 3.63) is 71.3 Å². The van der Waals surface area contributed by atoms with E-state index in [4.69, 9.17) is 4.74 Å². The summed E-state index contributed by atoms with van der Waals surface area (Å²) in [6, 6.07) is 18.4. The van der Waals surface area contributed by atoms with Crippen LogP contribution in [0.4, 0.5) is 0 Å². The lowest BCUT2D eigenvalue weighted by molar-refractivity contribution is 0.0183. The molecule has 0 saturated carbocycles. The fourth-order valence-electron chi connectivity index (χ4n) is 3.70. The number of ketones is 1. The Labute approximate surface area is 169 Å². The molecule has 1 aliphatic heterocycles. The Morgan fingerprint density at radius 2 is 1.61 bits per heavy atom. The fourth-order valence-corrected chi connectivity index (χ4v) is 3.70. The molecular formula is C24H32N2O2. The number of benzene rings is 2. The van der Waals surface area contributed by atoms with Gasteiger partial charge in [-0.05, 0) is 19.4 Å². The van der Waals surface area contributed by atoms with Crippen LogP contribution >= 0.6 is 0 Å². The minimum atomic E-state index is 0.126. The quantitative estimate of drug-likeness (QED) is 0.617. The summed E-state index contributed by atoms with van der Waals surface area (Å²) >= 11 is 0. The lowest BCUT2D eigenvalue weighted by Gasteiger charge is -2.36. The van der Waals surface area contributed by atoms with Crippen molar-refractivity contribution in [2.24, 2.45) is 0 Å². The molecule has 0 radical (unpaired) electrons. The molecule has 3 rings (SSSR count). The number of carbonyl (C=O) groups excluding carboxylic acids is 1. The van der Waals surface area contributed by atoms with E-state index in [0.29, 0.717) is 6.42 Å². The second kappa shape index (κ2) is 10.5. The molecule has 1 fully saturated rings. The Bertz CT molecular complexity index is 722. The molecule has 2 aromatic carbocycles. The van der Waals surface area contributed by atoms with Gasteiger partial charge in [0.2, 0.25) is 0 Å². The van der Waals surface area contributed by atoms with E-state index in [9.17, 15) is 4.79 Å². The summed E-state index contributed by atoms with van der Waals surface area (Å²) in [7, 11) is 0. The van der Waals surface area contributed by atoms with Crippen molar-refractivity contribution in [3.8, 4) is 0 Å². The first-order valence-corrected chi connectivity index (χ1v) is 10.4. The van der Waals surface area contributed by atoms with E-state index >= 15 is 0 Å². The monoisotopic (exact) mass is 380 g/mol. The zero-order valence-corrected chi connectivity index (χ0v) is 17.1. The van der Waals surface area contributed by atoms with Gasteiger partial charge in [-0.3, -0.25) is 9.69 Å². The highest BCUT2D eigenvalue weighted by Crippen LogP contribution is 2.19. The van der Waals surface area contributed by atoms with Crippen LogP contribution in [0, 0.1) is 6.92 Å². The maximum absolute atomic E-state index is 12.4. The largest absolute Gasteiger partial charge is 0.372 e. The Morgan fingerprint density at radius 3 is 2.25 bits per heavy atom. The summed E-state index contributed by atoms with van der Waals surface area (Å²) in [6.07, 6.45) is 0.718. The molecule has 0 amide bonds. The minimum Gasteiger partial charge on any atom is -0.372 e. The van der Waals surface area contributed by atoms with Crippen molar-refractivity contribution in [3.63, 3.8) is 0 Å². The molecule has 0 spiro atoms. The van der Waals surface area contributed by atoms with Crippen molar-refractivity contribution in [2.45, 2.75) is 26.4 Å². The van der Waals surface area contributed by atoms with E-state index in [1.54, 1.807) is 0 Å². The molecule has 150 valence electrons. The number of ether oxygens (including phenoxy) is 1. The Balaban J connectivity index is 1.43. The van der Waals surface area contributed by atoms with Crippen molar-refractivity contribution in [2.75, 3.05) is 45.9 Å². The average Bonchev–Trinajstić information content (AvgIpc) is 2.74. The van der Waals surface area contributed by atoms with Crippen LogP contribution in [0.5, 0.6) is 0 Å². The second-order valence-corrected chi connectivity index (χ2v) is 7.54. The zero-order chi connectivity index (χ0) is 19.8. The van der Waals surface area contributed by atoms with E-state index in [2.05, 4.69) is 41.0 Å². The number of piperazine rings is 1. The number of aryl methyl sites for hydroxylation is 1. The summed E-state index contributed by atoms with van der Waals surface area (Å²) in [4.78, 5) is 17.3. The lowest BCUT2D eigenvalue weighted by atomic mass is 10.1. The van der Waals surface area contributed by atoms with Crippen LogP contribution in [0.1, 0.15) is 40.9 Å². The molecule has 0 N–H and O–H groups in total. The number of hydrogen-bond acceptors (Lipinski definition) is 4. The molecule has 0 bridgehead atoms. The first-order chi connectivity index (χ1) is 13.7. The summed E-state index contributed by atoms with van der Waals surface area (Å²) in [5.41, 5.74) is 3.26. The summed E-state index contributed by atoms with van der Waals surface area (Å²) in [6.45, 7) is 10.7. The van der Waals surface area contributed by atoms with E-state index in [0.717, 1.165) is 51.4 Å². The van der Waals surface area contributed by atoms with Crippen molar-refractivity contribution in [1.29, 1.82) is 0 Å². The Morgan fingerprint density at radius 1 is 0.964 bits per heavy atom. The summed E-state index contributed by atoms with van der Waals surface area (Å²) in [5, 5.41) is 0. The summed E-state index contributed by atoms with van der Waals surface area (Å²) in [5.74, 6) is 0.239. The highest BCUT2D eigenvalue weighted by Gasteiger charge is 2.21.